The van der Waals surface area contributed by atoms with Crippen molar-refractivity contribution in [3.05, 3.63) is 53.6 Å². The molecule has 1 atom stereocenters. The molecule has 0 aliphatic carbocycles. The van der Waals surface area contributed by atoms with E-state index in [4.69, 9.17) is 4.74 Å². The predicted molar refractivity (Wildman–Crippen MR) is 103 cm³/mol. The van der Waals surface area contributed by atoms with Crippen LogP contribution in [0.15, 0.2) is 47.4 Å². The molecule has 142 valence electrons. The van der Waals surface area contributed by atoms with E-state index in [1.807, 2.05) is 0 Å². The Morgan fingerprint density at radius 3 is 2.70 bits per heavy atom. The molecule has 4 rings (SSSR count). The maximum Gasteiger partial charge on any atom is 0.262 e. The Labute approximate surface area is 159 Å². The van der Waals surface area contributed by atoms with Crippen LogP contribution >= 0.6 is 0 Å². The molecule has 1 amide bonds. The lowest BCUT2D eigenvalue weighted by Crippen LogP contribution is -2.29. The highest BCUT2D eigenvalue weighted by Crippen LogP contribution is 2.34. The fourth-order valence-electron chi connectivity index (χ4n) is 3.62. The van der Waals surface area contributed by atoms with Gasteiger partial charge in [-0.2, -0.15) is 4.31 Å². The molecule has 0 aromatic heterocycles. The number of hydrogen-bond donors (Lipinski definition) is 1. The van der Waals surface area contributed by atoms with Crippen LogP contribution in [0.5, 0.6) is 5.75 Å². The quantitative estimate of drug-likeness (QED) is 0.877. The zero-order chi connectivity index (χ0) is 19.0. The Balaban J connectivity index is 1.54. The van der Waals surface area contributed by atoms with Crippen LogP contribution in [0.4, 0.5) is 5.69 Å². The van der Waals surface area contributed by atoms with E-state index in [0.717, 1.165) is 12.8 Å². The first-order valence-electron chi connectivity index (χ1n) is 9.13. The first-order chi connectivity index (χ1) is 13.0. The molecule has 0 spiro atoms. The highest BCUT2D eigenvalue weighted by atomic mass is 32.2. The van der Waals surface area contributed by atoms with Crippen LogP contribution in [0.2, 0.25) is 0 Å². The fourth-order valence-corrected chi connectivity index (χ4v) is 5.14. The minimum Gasteiger partial charge on any atom is -0.482 e. The van der Waals surface area contributed by atoms with Crippen molar-refractivity contribution in [2.75, 3.05) is 25.0 Å². The molecule has 2 aliphatic rings. The number of carbonyl (C=O) groups is 1. The van der Waals surface area contributed by atoms with Crippen LogP contribution in [0.3, 0.4) is 0 Å². The van der Waals surface area contributed by atoms with Crippen molar-refractivity contribution in [1.82, 2.24) is 4.31 Å². The van der Waals surface area contributed by atoms with E-state index in [-0.39, 0.29) is 23.3 Å². The Kier molecular flexibility index (Phi) is 4.65. The topological polar surface area (TPSA) is 75.7 Å². The average Bonchev–Trinajstić information content (AvgIpc) is 3.18. The number of rotatable bonds is 4. The van der Waals surface area contributed by atoms with Gasteiger partial charge in [-0.15, -0.1) is 0 Å². The first-order valence-corrected chi connectivity index (χ1v) is 10.6. The summed E-state index contributed by atoms with van der Waals surface area (Å²) in [5, 5.41) is 2.66. The van der Waals surface area contributed by atoms with E-state index >= 15 is 0 Å². The average molecular weight is 386 g/mol. The summed E-state index contributed by atoms with van der Waals surface area (Å²) in [6, 6.07) is 13.0. The number of hydrogen-bond acceptors (Lipinski definition) is 4. The Bertz CT molecular complexity index is 970. The van der Waals surface area contributed by atoms with Gasteiger partial charge in [0.2, 0.25) is 10.0 Å². The third kappa shape index (κ3) is 3.44. The summed E-state index contributed by atoms with van der Waals surface area (Å²) in [4.78, 5) is 11.7. The number of aryl methyl sites for hydroxylation is 1. The van der Waals surface area contributed by atoms with Crippen molar-refractivity contribution in [1.29, 1.82) is 0 Å². The summed E-state index contributed by atoms with van der Waals surface area (Å²) in [5.41, 5.74) is 2.86. The van der Waals surface area contributed by atoms with Crippen LogP contribution < -0.4 is 10.1 Å². The second kappa shape index (κ2) is 6.98. The molecule has 1 saturated heterocycles. The van der Waals surface area contributed by atoms with E-state index in [9.17, 15) is 13.2 Å². The van der Waals surface area contributed by atoms with E-state index in [1.54, 1.807) is 6.07 Å². The molecule has 1 N–H and O–H groups in total. The molecule has 1 fully saturated rings. The normalized spacial score (nSPS) is 20.0. The lowest BCUT2D eigenvalue weighted by molar-refractivity contribution is -0.118. The van der Waals surface area contributed by atoms with Gasteiger partial charge < -0.3 is 10.1 Å². The molecule has 27 heavy (non-hydrogen) atoms. The standard InChI is InChI=1S/C20H22N2O4S/c1-2-14-3-5-15(6-4-14)16-9-10-22(12-16)27(24,25)17-7-8-19-18(11-17)21-20(23)13-26-19/h3-8,11,16H,2,9-10,12-13H2,1H3,(H,21,23). The molecule has 1 unspecified atom stereocenters. The molecular formula is C20H22N2O4S. The van der Waals surface area contributed by atoms with Gasteiger partial charge in [0.05, 0.1) is 10.6 Å². The van der Waals surface area contributed by atoms with Gasteiger partial charge in [-0.3, -0.25) is 4.79 Å². The number of anilines is 1. The van der Waals surface area contributed by atoms with Gasteiger partial charge in [-0.1, -0.05) is 31.2 Å². The van der Waals surface area contributed by atoms with Gasteiger partial charge in [-0.25, -0.2) is 8.42 Å². The minimum atomic E-state index is -3.62. The molecule has 7 heteroatoms. The van der Waals surface area contributed by atoms with E-state index in [0.29, 0.717) is 24.5 Å². The van der Waals surface area contributed by atoms with Crippen molar-refractivity contribution in [3.8, 4) is 5.75 Å². The number of ether oxygens (including phenoxy) is 1. The van der Waals surface area contributed by atoms with Gasteiger partial charge in [0.15, 0.2) is 6.61 Å². The number of sulfonamides is 1. The third-order valence-electron chi connectivity index (χ3n) is 5.23. The molecule has 2 heterocycles. The third-order valence-corrected chi connectivity index (χ3v) is 7.09. The second-order valence-electron chi connectivity index (χ2n) is 6.94. The minimum absolute atomic E-state index is 0.0519. The maximum atomic E-state index is 13.1. The van der Waals surface area contributed by atoms with Gasteiger partial charge in [0, 0.05) is 13.1 Å². The number of benzene rings is 2. The number of fused-ring (bicyclic) bond motifs is 1. The summed E-state index contributed by atoms with van der Waals surface area (Å²) < 4.78 is 32.9. The summed E-state index contributed by atoms with van der Waals surface area (Å²) in [7, 11) is -3.62. The van der Waals surface area contributed by atoms with Crippen LogP contribution in [-0.4, -0.2) is 38.3 Å². The monoisotopic (exact) mass is 386 g/mol. The SMILES string of the molecule is CCc1ccc(C2CCN(S(=O)(=O)c3ccc4c(c3)NC(=O)CO4)C2)cc1. The maximum absolute atomic E-state index is 13.1. The van der Waals surface area contributed by atoms with Gasteiger partial charge >= 0.3 is 0 Å². The van der Waals surface area contributed by atoms with E-state index < -0.39 is 10.0 Å². The summed E-state index contributed by atoms with van der Waals surface area (Å²) in [6.45, 7) is 3.02. The predicted octanol–water partition coefficient (Wildman–Crippen LogP) is 2.76. The van der Waals surface area contributed by atoms with Gasteiger partial charge in [0.1, 0.15) is 5.75 Å². The molecule has 0 saturated carbocycles. The fraction of sp³-hybridized carbons (Fsp3) is 0.350. The highest BCUT2D eigenvalue weighted by molar-refractivity contribution is 7.89. The Morgan fingerprint density at radius 2 is 1.96 bits per heavy atom. The zero-order valence-corrected chi connectivity index (χ0v) is 16.0. The molecule has 2 aromatic carbocycles. The van der Waals surface area contributed by atoms with E-state index in [1.165, 1.54) is 27.6 Å². The summed E-state index contributed by atoms with van der Waals surface area (Å²) >= 11 is 0. The molecular weight excluding hydrogens is 364 g/mol. The largest absolute Gasteiger partial charge is 0.482 e. The van der Waals surface area contributed by atoms with Gasteiger partial charge in [0.25, 0.3) is 5.91 Å². The van der Waals surface area contributed by atoms with Crippen molar-refractivity contribution in [3.63, 3.8) is 0 Å². The number of carbonyl (C=O) groups excluding carboxylic acids is 1. The van der Waals surface area contributed by atoms with Crippen molar-refractivity contribution < 1.29 is 17.9 Å². The molecule has 0 radical (unpaired) electrons. The molecule has 0 bridgehead atoms. The Morgan fingerprint density at radius 1 is 1.19 bits per heavy atom. The second-order valence-corrected chi connectivity index (χ2v) is 8.88. The zero-order valence-electron chi connectivity index (χ0n) is 15.1. The first kappa shape index (κ1) is 18.0. The molecule has 2 aromatic rings. The van der Waals surface area contributed by atoms with Crippen LogP contribution in [-0.2, 0) is 21.2 Å². The van der Waals surface area contributed by atoms with Crippen LogP contribution in [0.1, 0.15) is 30.4 Å². The highest BCUT2D eigenvalue weighted by Gasteiger charge is 2.34. The van der Waals surface area contributed by atoms with Gasteiger partial charge in [-0.05, 0) is 48.1 Å². The number of nitrogens with zero attached hydrogens (tertiary/aromatic N) is 1. The smallest absolute Gasteiger partial charge is 0.262 e. The lowest BCUT2D eigenvalue weighted by Gasteiger charge is -2.21. The van der Waals surface area contributed by atoms with E-state index in [2.05, 4.69) is 36.5 Å². The summed E-state index contributed by atoms with van der Waals surface area (Å²) in [5.74, 6) is 0.406. The molecule has 2 aliphatic heterocycles. The van der Waals surface area contributed by atoms with Crippen molar-refractivity contribution in [2.24, 2.45) is 0 Å². The number of nitrogens with one attached hydrogen (secondary N) is 1. The van der Waals surface area contributed by atoms with Crippen molar-refractivity contribution >= 4 is 21.6 Å². The van der Waals surface area contributed by atoms with Crippen molar-refractivity contribution in [2.45, 2.75) is 30.6 Å². The Hall–Kier alpha value is -2.38. The van der Waals surface area contributed by atoms with Crippen LogP contribution in [0.25, 0.3) is 0 Å². The lowest BCUT2D eigenvalue weighted by atomic mass is 9.97. The van der Waals surface area contributed by atoms with Crippen LogP contribution in [0, 0.1) is 0 Å². The molecule has 6 nitrogen and oxygen atoms in total. The summed E-state index contributed by atoms with van der Waals surface area (Å²) in [6.07, 6.45) is 1.79. The number of amides is 1.